The van der Waals surface area contributed by atoms with Crippen molar-refractivity contribution >= 4 is 28.9 Å². The Kier molecular flexibility index (Phi) is 11.6. The van der Waals surface area contributed by atoms with Crippen LogP contribution in [0.1, 0.15) is 108 Å². The highest BCUT2D eigenvalue weighted by Crippen LogP contribution is 2.38. The summed E-state index contributed by atoms with van der Waals surface area (Å²) in [6.07, 6.45) is 6.63. The van der Waals surface area contributed by atoms with Crippen molar-refractivity contribution in [3.8, 4) is 11.8 Å². The number of hydrogen-bond donors (Lipinski definition) is 2. The Bertz CT molecular complexity index is 1150. The lowest BCUT2D eigenvalue weighted by Gasteiger charge is -2.37. The van der Waals surface area contributed by atoms with Crippen molar-refractivity contribution < 1.29 is 29.3 Å². The van der Waals surface area contributed by atoms with E-state index in [0.717, 1.165) is 24.2 Å². The van der Waals surface area contributed by atoms with Gasteiger partial charge in [-0.25, -0.2) is 4.79 Å². The van der Waals surface area contributed by atoms with E-state index in [1.807, 2.05) is 34.6 Å². The summed E-state index contributed by atoms with van der Waals surface area (Å²) in [7, 11) is 0. The van der Waals surface area contributed by atoms with Gasteiger partial charge in [-0.15, -0.1) is 11.3 Å². The number of nitrogens with zero attached hydrogens (tertiary/aromatic N) is 1. The molecule has 1 saturated heterocycles. The molecule has 228 valence electrons. The Hall–Kier alpha value is -2.18. The van der Waals surface area contributed by atoms with Crippen molar-refractivity contribution in [2.45, 2.75) is 111 Å². The molecule has 5 atom stereocenters. The van der Waals surface area contributed by atoms with Crippen LogP contribution >= 0.6 is 11.3 Å². The summed E-state index contributed by atoms with van der Waals surface area (Å²) >= 11 is 1.12. The molecule has 5 unspecified atom stereocenters. The maximum Gasteiger partial charge on any atom is 0.348 e. The molecule has 1 aliphatic carbocycles. The predicted molar refractivity (Wildman–Crippen MR) is 164 cm³/mol. The predicted octanol–water partition coefficient (Wildman–Crippen LogP) is 6.67. The molecule has 0 aromatic carbocycles. The van der Waals surface area contributed by atoms with Gasteiger partial charge < -0.3 is 24.6 Å². The molecule has 0 spiro atoms. The molecule has 0 saturated carbocycles. The molecular weight excluding hydrogens is 538 g/mol. The number of aromatic carboxylic acids is 1. The number of carboxylic acid groups (broad SMARTS) is 1. The van der Waals surface area contributed by atoms with Crippen LogP contribution < -0.4 is 4.90 Å². The third kappa shape index (κ3) is 9.41. The molecule has 7 nitrogen and oxygen atoms in total. The summed E-state index contributed by atoms with van der Waals surface area (Å²) in [5.41, 5.74) is 0.508. The van der Waals surface area contributed by atoms with Crippen molar-refractivity contribution in [2.24, 2.45) is 17.3 Å². The molecule has 1 fully saturated rings. The van der Waals surface area contributed by atoms with Gasteiger partial charge in [0.2, 0.25) is 5.91 Å². The Morgan fingerprint density at radius 2 is 2.02 bits per heavy atom. The molecule has 2 heterocycles. The first-order chi connectivity index (χ1) is 19.2. The molecule has 0 radical (unpaired) electrons. The lowest BCUT2D eigenvalue weighted by Crippen LogP contribution is -2.46. The van der Waals surface area contributed by atoms with Gasteiger partial charge in [0.25, 0.3) is 0 Å². The molecule has 3 rings (SSSR count). The Balaban J connectivity index is 1.88. The van der Waals surface area contributed by atoms with Crippen molar-refractivity contribution in [2.75, 3.05) is 24.7 Å². The zero-order valence-electron chi connectivity index (χ0n) is 25.9. The Morgan fingerprint density at radius 1 is 1.29 bits per heavy atom. The zero-order valence-corrected chi connectivity index (χ0v) is 26.7. The van der Waals surface area contributed by atoms with Crippen LogP contribution in [0.4, 0.5) is 5.69 Å². The summed E-state index contributed by atoms with van der Waals surface area (Å²) in [6, 6.07) is 1.44. The second-order valence-corrected chi connectivity index (χ2v) is 14.0. The summed E-state index contributed by atoms with van der Waals surface area (Å²) in [4.78, 5) is 29.1. The van der Waals surface area contributed by atoms with E-state index >= 15 is 0 Å². The second-order valence-electron chi connectivity index (χ2n) is 13.0. The van der Waals surface area contributed by atoms with Crippen molar-refractivity contribution in [3.63, 3.8) is 0 Å². The quantitative estimate of drug-likeness (QED) is 0.209. The van der Waals surface area contributed by atoms with Crippen molar-refractivity contribution in [3.05, 3.63) is 27.5 Å². The monoisotopic (exact) mass is 587 g/mol. The molecule has 1 aromatic heterocycles. The largest absolute Gasteiger partial charge is 0.477 e. The van der Waals surface area contributed by atoms with E-state index < -0.39 is 11.6 Å². The van der Waals surface area contributed by atoms with Gasteiger partial charge in [-0.2, -0.15) is 0 Å². The normalized spacial score (nSPS) is 23.2. The number of amides is 1. The first-order valence-electron chi connectivity index (χ1n) is 15.0. The first-order valence-corrected chi connectivity index (χ1v) is 15.9. The number of hydrogen-bond acceptors (Lipinski definition) is 6. The van der Waals surface area contributed by atoms with E-state index in [1.165, 1.54) is 5.57 Å². The summed E-state index contributed by atoms with van der Waals surface area (Å²) < 4.78 is 11.3. The lowest BCUT2D eigenvalue weighted by atomic mass is 9.80. The van der Waals surface area contributed by atoms with E-state index in [0.29, 0.717) is 62.5 Å². The van der Waals surface area contributed by atoms with Crippen LogP contribution in [0.25, 0.3) is 0 Å². The van der Waals surface area contributed by atoms with Gasteiger partial charge in [-0.3, -0.25) is 4.79 Å². The average molecular weight is 588 g/mol. The molecule has 8 heteroatoms. The number of carbonyl (C=O) groups excluding carboxylic acids is 1. The average Bonchev–Trinajstić information content (AvgIpc) is 3.56. The SMILES string of the molecule is CCC(O)(CCOC1CCOC1)CCC(C)N(C(=O)C1CC=C(C)CC1C)c1cc(C#CC(C)(C)C)sc1C(=O)O. The third-order valence-corrected chi connectivity index (χ3v) is 9.30. The number of carbonyl (C=O) groups is 2. The number of aliphatic hydroxyl groups is 1. The van der Waals surface area contributed by atoms with Crippen molar-refractivity contribution in [1.82, 2.24) is 0 Å². The number of allylic oxidation sites excluding steroid dienone is 2. The number of rotatable bonds is 12. The Morgan fingerprint density at radius 3 is 2.61 bits per heavy atom. The van der Waals surface area contributed by atoms with Crippen LogP contribution in [0.5, 0.6) is 0 Å². The molecule has 2 N–H and O–H groups in total. The molecule has 1 aromatic rings. The van der Waals surface area contributed by atoms with Gasteiger partial charge in [0, 0.05) is 30.6 Å². The minimum absolute atomic E-state index is 0.0611. The highest BCUT2D eigenvalue weighted by Gasteiger charge is 2.37. The molecular formula is C33H49NO6S. The van der Waals surface area contributed by atoms with Gasteiger partial charge in [-0.1, -0.05) is 37.3 Å². The zero-order chi connectivity index (χ0) is 30.4. The van der Waals surface area contributed by atoms with Crippen LogP contribution in [0.15, 0.2) is 17.7 Å². The fourth-order valence-corrected chi connectivity index (χ4v) is 6.40. The maximum atomic E-state index is 14.2. The van der Waals surface area contributed by atoms with Crippen LogP contribution in [-0.2, 0) is 14.3 Å². The van der Waals surface area contributed by atoms with Crippen LogP contribution in [0.2, 0.25) is 0 Å². The summed E-state index contributed by atoms with van der Waals surface area (Å²) in [6.45, 7) is 15.9. The smallest absolute Gasteiger partial charge is 0.348 e. The molecule has 1 aliphatic heterocycles. The van der Waals surface area contributed by atoms with E-state index in [2.05, 4.69) is 31.8 Å². The number of carboxylic acids is 1. The van der Waals surface area contributed by atoms with E-state index in [1.54, 1.807) is 11.0 Å². The van der Waals surface area contributed by atoms with Crippen LogP contribution in [0.3, 0.4) is 0 Å². The Labute approximate surface area is 250 Å². The second kappa shape index (κ2) is 14.3. The fourth-order valence-electron chi connectivity index (χ4n) is 5.56. The topological polar surface area (TPSA) is 96.3 Å². The standard InChI is InChI=1S/C33H49NO6S/c1-8-33(38,16-18-40-25-13-17-39-21-25)15-11-24(4)34(30(35)27-10-9-22(2)19-23(27)3)28-20-26(12-14-32(5,6)7)41-29(28)31(36)37/h9,20,23-25,27,38H,8,10-11,13,15-19,21H2,1-7H3,(H,36,37). The first kappa shape index (κ1) is 33.3. The highest BCUT2D eigenvalue weighted by molar-refractivity contribution is 7.15. The maximum absolute atomic E-state index is 14.2. The van der Waals surface area contributed by atoms with Crippen LogP contribution in [-0.4, -0.2) is 59.7 Å². The minimum atomic E-state index is -1.07. The molecule has 2 aliphatic rings. The van der Waals surface area contributed by atoms with Gasteiger partial charge in [0.05, 0.1) is 28.9 Å². The fraction of sp³-hybridized carbons (Fsp3) is 0.697. The van der Waals surface area contributed by atoms with E-state index in [4.69, 9.17) is 9.47 Å². The number of thiophene rings is 1. The third-order valence-electron chi connectivity index (χ3n) is 8.27. The van der Waals surface area contributed by atoms with Crippen molar-refractivity contribution in [1.29, 1.82) is 0 Å². The molecule has 41 heavy (non-hydrogen) atoms. The van der Waals surface area contributed by atoms with E-state index in [-0.39, 0.29) is 40.2 Å². The van der Waals surface area contributed by atoms with Gasteiger partial charge in [0.1, 0.15) is 4.88 Å². The lowest BCUT2D eigenvalue weighted by molar-refractivity contribution is -0.124. The van der Waals surface area contributed by atoms with Gasteiger partial charge >= 0.3 is 5.97 Å². The van der Waals surface area contributed by atoms with Gasteiger partial charge in [-0.05, 0) is 91.5 Å². The molecule has 1 amide bonds. The highest BCUT2D eigenvalue weighted by atomic mass is 32.1. The minimum Gasteiger partial charge on any atom is -0.477 e. The summed E-state index contributed by atoms with van der Waals surface area (Å²) in [5.74, 6) is 5.11. The van der Waals surface area contributed by atoms with Gasteiger partial charge in [0.15, 0.2) is 0 Å². The van der Waals surface area contributed by atoms with Crippen LogP contribution in [0, 0.1) is 29.1 Å². The summed E-state index contributed by atoms with van der Waals surface area (Å²) in [5, 5.41) is 21.6. The van der Waals surface area contributed by atoms with E-state index in [9.17, 15) is 19.8 Å². The number of anilines is 1. The molecule has 0 bridgehead atoms. The number of ether oxygens (including phenoxy) is 2.